The van der Waals surface area contributed by atoms with Crippen molar-refractivity contribution in [3.05, 3.63) is 65.7 Å². The quantitative estimate of drug-likeness (QED) is 0.643. The average Bonchev–Trinajstić information content (AvgIpc) is 3.15. The van der Waals surface area contributed by atoms with Crippen LogP contribution in [0, 0.1) is 0 Å². The van der Waals surface area contributed by atoms with E-state index in [-0.39, 0.29) is 30.2 Å². The Morgan fingerprint density at radius 2 is 1.86 bits per heavy atom. The molecule has 150 valence electrons. The van der Waals surface area contributed by atoms with Gasteiger partial charge in [0.15, 0.2) is 0 Å². The zero-order valence-corrected chi connectivity index (χ0v) is 15.8. The summed E-state index contributed by atoms with van der Waals surface area (Å²) >= 11 is 0. The molecule has 2 unspecified atom stereocenters. The summed E-state index contributed by atoms with van der Waals surface area (Å²) in [5.41, 5.74) is 0.557. The van der Waals surface area contributed by atoms with Crippen molar-refractivity contribution in [1.29, 1.82) is 0 Å². The van der Waals surface area contributed by atoms with Crippen LogP contribution in [0.25, 0.3) is 0 Å². The molecule has 0 radical (unpaired) electrons. The van der Waals surface area contributed by atoms with Crippen molar-refractivity contribution in [2.45, 2.75) is 57.5 Å². The first-order valence-electron chi connectivity index (χ1n) is 9.55. The van der Waals surface area contributed by atoms with Gasteiger partial charge in [-0.3, -0.25) is 4.79 Å². The second kappa shape index (κ2) is 8.78. The van der Waals surface area contributed by atoms with Crippen LogP contribution in [0.2, 0.25) is 0 Å². The van der Waals surface area contributed by atoms with Crippen molar-refractivity contribution in [1.82, 2.24) is 0 Å². The van der Waals surface area contributed by atoms with Crippen LogP contribution in [-0.2, 0) is 22.3 Å². The molecule has 1 aliphatic rings. The van der Waals surface area contributed by atoms with Gasteiger partial charge in [0.25, 0.3) is 0 Å². The van der Waals surface area contributed by atoms with Crippen LogP contribution in [0.5, 0.6) is 0 Å². The maximum atomic E-state index is 13.1. The van der Waals surface area contributed by atoms with Gasteiger partial charge in [0.2, 0.25) is 5.91 Å². The summed E-state index contributed by atoms with van der Waals surface area (Å²) in [5, 5.41) is 0. The fourth-order valence-corrected chi connectivity index (χ4v) is 3.70. The third-order valence-electron chi connectivity index (χ3n) is 5.08. The lowest BCUT2D eigenvalue weighted by Crippen LogP contribution is -2.45. The molecule has 0 saturated heterocycles. The Bertz CT molecular complexity index is 792. The number of benzene rings is 2. The van der Waals surface area contributed by atoms with Gasteiger partial charge in [-0.1, -0.05) is 43.3 Å². The normalized spacial score (nSPS) is 19.6. The van der Waals surface area contributed by atoms with E-state index in [0.29, 0.717) is 13.0 Å². The molecule has 6 heteroatoms. The predicted octanol–water partition coefficient (Wildman–Crippen LogP) is 5.59. The van der Waals surface area contributed by atoms with Crippen LogP contribution in [0.4, 0.5) is 18.9 Å². The maximum absolute atomic E-state index is 13.1. The second-order valence-corrected chi connectivity index (χ2v) is 7.00. The second-order valence-electron chi connectivity index (χ2n) is 7.00. The van der Waals surface area contributed by atoms with E-state index in [0.717, 1.165) is 30.5 Å². The number of anilines is 1. The SMILES string of the molecule is CCC(=O)N(c1cccc(C(F)(F)F)c1)C1CCCC1OCc1ccccc1. The van der Waals surface area contributed by atoms with E-state index in [2.05, 4.69) is 0 Å². The van der Waals surface area contributed by atoms with Gasteiger partial charge in [-0.15, -0.1) is 0 Å². The molecule has 2 aromatic carbocycles. The summed E-state index contributed by atoms with van der Waals surface area (Å²) in [4.78, 5) is 14.2. The lowest BCUT2D eigenvalue weighted by atomic mass is 10.1. The third kappa shape index (κ3) is 4.73. The van der Waals surface area contributed by atoms with E-state index >= 15 is 0 Å². The Hall–Kier alpha value is -2.34. The number of alkyl halides is 3. The summed E-state index contributed by atoms with van der Waals surface area (Å²) in [5.74, 6) is -0.195. The zero-order chi connectivity index (χ0) is 20.1. The minimum Gasteiger partial charge on any atom is -0.371 e. The number of carbonyl (C=O) groups excluding carboxylic acids is 1. The third-order valence-corrected chi connectivity index (χ3v) is 5.08. The molecule has 1 fully saturated rings. The molecular formula is C22H24F3NO2. The first-order chi connectivity index (χ1) is 13.4. The summed E-state index contributed by atoms with van der Waals surface area (Å²) in [6.07, 6.45) is -2.07. The molecule has 28 heavy (non-hydrogen) atoms. The summed E-state index contributed by atoms with van der Waals surface area (Å²) in [6.45, 7) is 2.14. The molecular weight excluding hydrogens is 367 g/mol. The average molecular weight is 391 g/mol. The molecule has 0 N–H and O–H groups in total. The van der Waals surface area contributed by atoms with Gasteiger partial charge in [0, 0.05) is 12.1 Å². The first-order valence-corrected chi connectivity index (χ1v) is 9.55. The van der Waals surface area contributed by atoms with E-state index in [1.54, 1.807) is 13.0 Å². The Morgan fingerprint density at radius 1 is 1.11 bits per heavy atom. The van der Waals surface area contributed by atoms with Crippen molar-refractivity contribution in [3.8, 4) is 0 Å². The van der Waals surface area contributed by atoms with Crippen LogP contribution in [0.1, 0.15) is 43.7 Å². The molecule has 0 spiro atoms. The van der Waals surface area contributed by atoms with Gasteiger partial charge in [-0.25, -0.2) is 0 Å². The number of rotatable bonds is 6. The minimum absolute atomic E-state index is 0.195. The lowest BCUT2D eigenvalue weighted by molar-refractivity contribution is -0.137. The van der Waals surface area contributed by atoms with Gasteiger partial charge >= 0.3 is 6.18 Å². The Morgan fingerprint density at radius 3 is 2.54 bits per heavy atom. The van der Waals surface area contributed by atoms with Gasteiger partial charge in [0.05, 0.1) is 24.3 Å². The van der Waals surface area contributed by atoms with E-state index in [1.165, 1.54) is 11.0 Å². The Balaban J connectivity index is 1.83. The summed E-state index contributed by atoms with van der Waals surface area (Å²) < 4.78 is 45.5. The topological polar surface area (TPSA) is 29.5 Å². The molecule has 0 bridgehead atoms. The number of hydrogen-bond donors (Lipinski definition) is 0. The molecule has 2 atom stereocenters. The highest BCUT2D eigenvalue weighted by atomic mass is 19.4. The highest BCUT2D eigenvalue weighted by molar-refractivity contribution is 5.94. The Kier molecular flexibility index (Phi) is 6.39. The van der Waals surface area contributed by atoms with E-state index in [9.17, 15) is 18.0 Å². The number of nitrogens with zero attached hydrogens (tertiary/aromatic N) is 1. The standard InChI is InChI=1S/C22H24F3NO2/c1-2-21(27)26(18-11-6-10-17(14-18)22(23,24)25)19-12-7-13-20(19)28-15-16-8-4-3-5-9-16/h3-6,8-11,14,19-20H,2,7,12-13,15H2,1H3. The molecule has 0 aromatic heterocycles. The number of ether oxygens (including phenoxy) is 1. The van der Waals surface area contributed by atoms with E-state index < -0.39 is 11.7 Å². The van der Waals surface area contributed by atoms with Crippen molar-refractivity contribution < 1.29 is 22.7 Å². The molecule has 0 heterocycles. The summed E-state index contributed by atoms with van der Waals surface area (Å²) in [7, 11) is 0. The van der Waals surface area contributed by atoms with Gasteiger partial charge < -0.3 is 9.64 Å². The van der Waals surface area contributed by atoms with Crippen molar-refractivity contribution >= 4 is 11.6 Å². The highest BCUT2D eigenvalue weighted by Crippen LogP contribution is 2.35. The van der Waals surface area contributed by atoms with Gasteiger partial charge in [-0.2, -0.15) is 13.2 Å². The fourth-order valence-electron chi connectivity index (χ4n) is 3.70. The number of hydrogen-bond acceptors (Lipinski definition) is 2. The van der Waals surface area contributed by atoms with Crippen molar-refractivity contribution in [2.75, 3.05) is 4.90 Å². The molecule has 3 rings (SSSR count). The number of amides is 1. The minimum atomic E-state index is -4.45. The smallest absolute Gasteiger partial charge is 0.371 e. The van der Waals surface area contributed by atoms with Crippen LogP contribution in [-0.4, -0.2) is 18.1 Å². The molecule has 1 saturated carbocycles. The van der Waals surface area contributed by atoms with Crippen LogP contribution < -0.4 is 4.90 Å². The van der Waals surface area contributed by atoms with Gasteiger partial charge in [-0.05, 0) is 43.0 Å². The van der Waals surface area contributed by atoms with E-state index in [4.69, 9.17) is 4.74 Å². The van der Waals surface area contributed by atoms with Crippen LogP contribution >= 0.6 is 0 Å². The highest BCUT2D eigenvalue weighted by Gasteiger charge is 2.37. The molecule has 3 nitrogen and oxygen atoms in total. The maximum Gasteiger partial charge on any atom is 0.416 e. The predicted molar refractivity (Wildman–Crippen MR) is 102 cm³/mol. The molecule has 1 amide bonds. The van der Waals surface area contributed by atoms with Crippen molar-refractivity contribution in [2.24, 2.45) is 0 Å². The zero-order valence-electron chi connectivity index (χ0n) is 15.8. The lowest BCUT2D eigenvalue weighted by Gasteiger charge is -2.33. The first kappa shape index (κ1) is 20.4. The number of halogens is 3. The van der Waals surface area contributed by atoms with Gasteiger partial charge in [0.1, 0.15) is 0 Å². The summed E-state index contributed by atoms with van der Waals surface area (Å²) in [6, 6.07) is 14.4. The molecule has 2 aromatic rings. The molecule has 0 aliphatic heterocycles. The van der Waals surface area contributed by atoms with Crippen LogP contribution in [0.3, 0.4) is 0 Å². The van der Waals surface area contributed by atoms with Crippen molar-refractivity contribution in [3.63, 3.8) is 0 Å². The molecule has 1 aliphatic carbocycles. The fraction of sp³-hybridized carbons (Fsp3) is 0.409. The Labute approximate surface area is 163 Å². The monoisotopic (exact) mass is 391 g/mol. The van der Waals surface area contributed by atoms with E-state index in [1.807, 2.05) is 30.3 Å². The van der Waals surface area contributed by atoms with Crippen LogP contribution in [0.15, 0.2) is 54.6 Å². The number of carbonyl (C=O) groups is 1. The largest absolute Gasteiger partial charge is 0.416 e.